The van der Waals surface area contributed by atoms with E-state index in [9.17, 15) is 4.79 Å². The molecule has 0 atom stereocenters. The first-order valence-electron chi connectivity index (χ1n) is 10.0. The van der Waals surface area contributed by atoms with E-state index < -0.39 is 0 Å². The smallest absolute Gasteiger partial charge is 0.260 e. The van der Waals surface area contributed by atoms with Gasteiger partial charge in [-0.3, -0.25) is 9.69 Å². The van der Waals surface area contributed by atoms with Crippen molar-refractivity contribution < 1.29 is 23.7 Å². The molecule has 30 heavy (non-hydrogen) atoms. The van der Waals surface area contributed by atoms with Crippen LogP contribution in [-0.2, 0) is 11.3 Å². The Morgan fingerprint density at radius 1 is 0.900 bits per heavy atom. The normalized spacial score (nSPS) is 14.3. The summed E-state index contributed by atoms with van der Waals surface area (Å²) in [5, 5.41) is 0. The van der Waals surface area contributed by atoms with E-state index in [0.717, 1.165) is 35.7 Å². The van der Waals surface area contributed by atoms with E-state index >= 15 is 0 Å². The summed E-state index contributed by atoms with van der Waals surface area (Å²) in [5.74, 6) is 2.82. The van der Waals surface area contributed by atoms with Crippen molar-refractivity contribution in [1.29, 1.82) is 0 Å². The third kappa shape index (κ3) is 5.36. The lowest BCUT2D eigenvalue weighted by atomic mass is 10.1. The van der Waals surface area contributed by atoms with E-state index in [2.05, 4.69) is 4.90 Å². The third-order valence-corrected chi connectivity index (χ3v) is 5.26. The fourth-order valence-corrected chi connectivity index (χ4v) is 3.55. The number of rotatable bonds is 8. The molecule has 162 valence electrons. The van der Waals surface area contributed by atoms with Crippen molar-refractivity contribution in [2.75, 3.05) is 54.1 Å². The summed E-state index contributed by atoms with van der Waals surface area (Å²) in [6.07, 6.45) is 0. The number of benzene rings is 2. The van der Waals surface area contributed by atoms with Gasteiger partial charge in [0.25, 0.3) is 5.91 Å². The Balaban J connectivity index is 1.53. The molecule has 0 saturated carbocycles. The molecule has 1 fully saturated rings. The minimum atomic E-state index is 0.0138. The topological polar surface area (TPSA) is 60.5 Å². The van der Waals surface area contributed by atoms with Crippen LogP contribution in [0.4, 0.5) is 0 Å². The molecule has 0 aromatic heterocycles. The third-order valence-electron chi connectivity index (χ3n) is 5.26. The maximum Gasteiger partial charge on any atom is 0.260 e. The second-order valence-electron chi connectivity index (χ2n) is 7.28. The van der Waals surface area contributed by atoms with Crippen LogP contribution >= 0.6 is 0 Å². The predicted octanol–water partition coefficient (Wildman–Crippen LogP) is 2.74. The van der Waals surface area contributed by atoms with E-state index in [0.29, 0.717) is 31.1 Å². The minimum absolute atomic E-state index is 0.0138. The van der Waals surface area contributed by atoms with E-state index in [4.69, 9.17) is 18.9 Å². The summed E-state index contributed by atoms with van der Waals surface area (Å²) in [6, 6.07) is 11.5. The fraction of sp³-hybridized carbons (Fsp3) is 0.435. The molecule has 0 aliphatic carbocycles. The number of hydrogen-bond acceptors (Lipinski definition) is 6. The molecule has 1 amide bonds. The number of aryl methyl sites for hydroxylation is 1. The maximum absolute atomic E-state index is 12.5. The highest BCUT2D eigenvalue weighted by Crippen LogP contribution is 2.35. The molecule has 1 aliphatic rings. The predicted molar refractivity (Wildman–Crippen MR) is 115 cm³/mol. The lowest BCUT2D eigenvalue weighted by Gasteiger charge is -2.35. The van der Waals surface area contributed by atoms with Crippen molar-refractivity contribution in [3.8, 4) is 23.0 Å². The fourth-order valence-electron chi connectivity index (χ4n) is 3.55. The molecule has 0 radical (unpaired) electrons. The van der Waals surface area contributed by atoms with Gasteiger partial charge in [-0.15, -0.1) is 0 Å². The highest BCUT2D eigenvalue weighted by Gasteiger charge is 2.23. The first kappa shape index (κ1) is 21.8. The van der Waals surface area contributed by atoms with Crippen LogP contribution in [0, 0.1) is 6.92 Å². The number of hydrogen-bond donors (Lipinski definition) is 0. The summed E-state index contributed by atoms with van der Waals surface area (Å²) in [6.45, 7) is 5.69. The van der Waals surface area contributed by atoms with Crippen LogP contribution < -0.4 is 18.9 Å². The number of carbonyl (C=O) groups excluding carboxylic acids is 1. The maximum atomic E-state index is 12.5. The Labute approximate surface area is 178 Å². The average molecular weight is 415 g/mol. The monoisotopic (exact) mass is 414 g/mol. The average Bonchev–Trinajstić information content (AvgIpc) is 2.77. The molecular weight excluding hydrogens is 384 g/mol. The lowest BCUT2D eigenvalue weighted by Crippen LogP contribution is -2.49. The molecule has 0 bridgehead atoms. The van der Waals surface area contributed by atoms with Crippen molar-refractivity contribution in [2.24, 2.45) is 0 Å². The van der Waals surface area contributed by atoms with Crippen LogP contribution in [0.5, 0.6) is 23.0 Å². The number of nitrogens with zero attached hydrogens (tertiary/aromatic N) is 2. The Morgan fingerprint density at radius 2 is 1.57 bits per heavy atom. The molecule has 0 unspecified atom stereocenters. The first-order chi connectivity index (χ1) is 14.5. The van der Waals surface area contributed by atoms with Crippen LogP contribution in [0.15, 0.2) is 36.4 Å². The molecule has 0 spiro atoms. The van der Waals surface area contributed by atoms with E-state index in [1.807, 2.05) is 48.2 Å². The number of methoxy groups -OCH3 is 3. The summed E-state index contributed by atoms with van der Waals surface area (Å²) in [5.41, 5.74) is 2.14. The van der Waals surface area contributed by atoms with Gasteiger partial charge in [-0.05, 0) is 30.7 Å². The summed E-state index contributed by atoms with van der Waals surface area (Å²) >= 11 is 0. The van der Waals surface area contributed by atoms with E-state index in [1.165, 1.54) is 0 Å². The second kappa shape index (κ2) is 10.2. The van der Waals surface area contributed by atoms with Crippen LogP contribution in [0.3, 0.4) is 0 Å². The van der Waals surface area contributed by atoms with Crippen molar-refractivity contribution >= 4 is 5.91 Å². The molecule has 3 rings (SSSR count). The molecule has 1 heterocycles. The largest absolute Gasteiger partial charge is 0.496 e. The zero-order chi connectivity index (χ0) is 21.5. The highest BCUT2D eigenvalue weighted by atomic mass is 16.5. The van der Waals surface area contributed by atoms with Crippen molar-refractivity contribution in [3.63, 3.8) is 0 Å². The molecule has 7 heteroatoms. The molecule has 2 aromatic rings. The van der Waals surface area contributed by atoms with Crippen LogP contribution in [-0.4, -0.2) is 69.8 Å². The van der Waals surface area contributed by atoms with Gasteiger partial charge in [-0.1, -0.05) is 12.1 Å². The zero-order valence-corrected chi connectivity index (χ0v) is 18.1. The van der Waals surface area contributed by atoms with Gasteiger partial charge < -0.3 is 23.8 Å². The van der Waals surface area contributed by atoms with Crippen molar-refractivity contribution in [1.82, 2.24) is 9.80 Å². The number of ether oxygens (including phenoxy) is 4. The Morgan fingerprint density at radius 3 is 2.20 bits per heavy atom. The van der Waals surface area contributed by atoms with Gasteiger partial charge in [0.1, 0.15) is 11.5 Å². The van der Waals surface area contributed by atoms with E-state index in [1.54, 1.807) is 21.3 Å². The molecular formula is C23H30N2O5. The number of amides is 1. The van der Waals surface area contributed by atoms with Gasteiger partial charge in [-0.2, -0.15) is 0 Å². The number of piperazine rings is 1. The number of carbonyl (C=O) groups is 1. The quantitative estimate of drug-likeness (QED) is 0.662. The summed E-state index contributed by atoms with van der Waals surface area (Å²) in [4.78, 5) is 16.7. The molecule has 1 saturated heterocycles. The van der Waals surface area contributed by atoms with Gasteiger partial charge >= 0.3 is 0 Å². The molecule has 7 nitrogen and oxygen atoms in total. The first-order valence-corrected chi connectivity index (χ1v) is 10.0. The standard InChI is InChI=1S/C23H30N2O5/c1-17-6-5-7-19(12-17)30-16-23(26)25-10-8-24(9-11-25)15-18-13-21(28-3)22(29-4)14-20(18)27-2/h5-7,12-14H,8-11,15-16H2,1-4H3. The second-order valence-corrected chi connectivity index (χ2v) is 7.28. The minimum Gasteiger partial charge on any atom is -0.496 e. The Kier molecular flexibility index (Phi) is 7.41. The van der Waals surface area contributed by atoms with Crippen molar-refractivity contribution in [3.05, 3.63) is 47.5 Å². The van der Waals surface area contributed by atoms with Gasteiger partial charge in [0.15, 0.2) is 18.1 Å². The zero-order valence-electron chi connectivity index (χ0n) is 18.1. The van der Waals surface area contributed by atoms with Gasteiger partial charge in [-0.25, -0.2) is 0 Å². The Bertz CT molecular complexity index is 863. The van der Waals surface area contributed by atoms with Crippen molar-refractivity contribution in [2.45, 2.75) is 13.5 Å². The molecule has 0 N–H and O–H groups in total. The highest BCUT2D eigenvalue weighted by molar-refractivity contribution is 5.77. The molecule has 2 aromatic carbocycles. The summed E-state index contributed by atoms with van der Waals surface area (Å²) < 4.78 is 22.0. The van der Waals surface area contributed by atoms with Gasteiger partial charge in [0.05, 0.1) is 21.3 Å². The van der Waals surface area contributed by atoms with E-state index in [-0.39, 0.29) is 12.5 Å². The van der Waals surface area contributed by atoms with Crippen LogP contribution in [0.25, 0.3) is 0 Å². The van der Waals surface area contributed by atoms with Crippen LogP contribution in [0.1, 0.15) is 11.1 Å². The summed E-state index contributed by atoms with van der Waals surface area (Å²) in [7, 11) is 4.88. The van der Waals surface area contributed by atoms with Gasteiger partial charge in [0, 0.05) is 44.4 Å². The lowest BCUT2D eigenvalue weighted by molar-refractivity contribution is -0.135. The van der Waals surface area contributed by atoms with Gasteiger partial charge in [0.2, 0.25) is 0 Å². The Hall–Kier alpha value is -2.93. The SMILES string of the molecule is COc1cc(OC)c(OC)cc1CN1CCN(C(=O)COc2cccc(C)c2)CC1. The van der Waals surface area contributed by atoms with Crippen LogP contribution in [0.2, 0.25) is 0 Å². The molecule has 1 aliphatic heterocycles.